The van der Waals surface area contributed by atoms with Crippen molar-refractivity contribution >= 4 is 23.2 Å². The lowest BCUT2D eigenvalue weighted by molar-refractivity contribution is -0.122. The van der Waals surface area contributed by atoms with E-state index in [-0.39, 0.29) is 11.8 Å². The summed E-state index contributed by atoms with van der Waals surface area (Å²) in [5, 5.41) is 5.64. The molecule has 0 aliphatic carbocycles. The Kier molecular flexibility index (Phi) is 6.78. The van der Waals surface area contributed by atoms with Gasteiger partial charge in [0.1, 0.15) is 5.75 Å². The Morgan fingerprint density at radius 2 is 1.73 bits per heavy atom. The second-order valence-electron chi connectivity index (χ2n) is 6.40. The van der Waals surface area contributed by atoms with Crippen LogP contribution in [0.5, 0.6) is 5.75 Å². The molecule has 2 rings (SSSR count). The summed E-state index contributed by atoms with van der Waals surface area (Å²) in [4.78, 5) is 24.1. The second kappa shape index (κ2) is 9.04. The van der Waals surface area contributed by atoms with Gasteiger partial charge in [0.15, 0.2) is 6.10 Å². The van der Waals surface area contributed by atoms with E-state index < -0.39 is 6.10 Å². The van der Waals surface area contributed by atoms with E-state index in [4.69, 9.17) is 4.74 Å². The van der Waals surface area contributed by atoms with E-state index in [0.29, 0.717) is 23.5 Å². The van der Waals surface area contributed by atoms with Crippen LogP contribution in [-0.4, -0.2) is 17.9 Å². The van der Waals surface area contributed by atoms with E-state index in [2.05, 4.69) is 10.6 Å². The van der Waals surface area contributed by atoms with Gasteiger partial charge in [-0.15, -0.1) is 0 Å². The molecule has 0 aliphatic rings. The number of amides is 2. The number of aryl methyl sites for hydroxylation is 2. The molecule has 0 fully saturated rings. The van der Waals surface area contributed by atoms with Crippen LogP contribution >= 0.6 is 0 Å². The summed E-state index contributed by atoms with van der Waals surface area (Å²) in [5.74, 6) is 0.416. The first-order valence-corrected chi connectivity index (χ1v) is 8.83. The smallest absolute Gasteiger partial charge is 0.265 e. The summed E-state index contributed by atoms with van der Waals surface area (Å²) in [6.45, 7) is 7.59. The van der Waals surface area contributed by atoms with Crippen molar-refractivity contribution in [2.75, 3.05) is 10.6 Å². The van der Waals surface area contributed by atoms with Crippen LogP contribution in [0.2, 0.25) is 0 Å². The fourth-order valence-corrected chi connectivity index (χ4v) is 2.45. The van der Waals surface area contributed by atoms with Gasteiger partial charge in [-0.3, -0.25) is 9.59 Å². The number of benzene rings is 2. The zero-order chi connectivity index (χ0) is 19.1. The molecule has 0 saturated heterocycles. The van der Waals surface area contributed by atoms with Crippen molar-refractivity contribution < 1.29 is 14.3 Å². The quantitative estimate of drug-likeness (QED) is 0.772. The van der Waals surface area contributed by atoms with Crippen molar-refractivity contribution in [2.45, 2.75) is 46.6 Å². The minimum Gasteiger partial charge on any atom is -0.481 e. The maximum absolute atomic E-state index is 12.4. The first-order chi connectivity index (χ1) is 12.4. The van der Waals surface area contributed by atoms with E-state index in [0.717, 1.165) is 17.5 Å². The lowest BCUT2D eigenvalue weighted by Crippen LogP contribution is -2.30. The zero-order valence-corrected chi connectivity index (χ0v) is 15.8. The van der Waals surface area contributed by atoms with Gasteiger partial charge in [0.05, 0.1) is 0 Å². The number of ether oxygens (including phenoxy) is 1. The zero-order valence-electron chi connectivity index (χ0n) is 15.8. The van der Waals surface area contributed by atoms with E-state index >= 15 is 0 Å². The van der Waals surface area contributed by atoms with Crippen LogP contribution in [0.25, 0.3) is 0 Å². The molecule has 5 nitrogen and oxygen atoms in total. The van der Waals surface area contributed by atoms with Gasteiger partial charge in [0.25, 0.3) is 5.91 Å². The highest BCUT2D eigenvalue weighted by Crippen LogP contribution is 2.21. The van der Waals surface area contributed by atoms with Crippen molar-refractivity contribution in [3.05, 3.63) is 53.6 Å². The third kappa shape index (κ3) is 5.62. The molecule has 0 heterocycles. The van der Waals surface area contributed by atoms with Gasteiger partial charge >= 0.3 is 0 Å². The highest BCUT2D eigenvalue weighted by molar-refractivity contribution is 5.96. The summed E-state index contributed by atoms with van der Waals surface area (Å²) in [6.07, 6.45) is 0.612. The normalized spacial score (nSPS) is 11.5. The minimum atomic E-state index is -0.645. The lowest BCUT2D eigenvalue weighted by Gasteiger charge is -2.17. The Morgan fingerprint density at radius 1 is 1.04 bits per heavy atom. The van der Waals surface area contributed by atoms with Crippen molar-refractivity contribution in [2.24, 2.45) is 0 Å². The summed E-state index contributed by atoms with van der Waals surface area (Å²) in [5.41, 5.74) is 3.33. The highest BCUT2D eigenvalue weighted by Gasteiger charge is 2.16. The van der Waals surface area contributed by atoms with Crippen molar-refractivity contribution in [1.82, 2.24) is 0 Å². The largest absolute Gasteiger partial charge is 0.481 e. The van der Waals surface area contributed by atoms with Crippen LogP contribution in [0.3, 0.4) is 0 Å². The topological polar surface area (TPSA) is 67.4 Å². The maximum atomic E-state index is 12.4. The molecule has 0 spiro atoms. The second-order valence-corrected chi connectivity index (χ2v) is 6.40. The van der Waals surface area contributed by atoms with Crippen molar-refractivity contribution in [1.29, 1.82) is 0 Å². The van der Waals surface area contributed by atoms with Crippen LogP contribution in [0, 0.1) is 13.8 Å². The van der Waals surface area contributed by atoms with Crippen LogP contribution in [0.1, 0.15) is 37.8 Å². The van der Waals surface area contributed by atoms with E-state index in [1.807, 2.05) is 39.0 Å². The molecule has 26 heavy (non-hydrogen) atoms. The van der Waals surface area contributed by atoms with Gasteiger partial charge in [-0.2, -0.15) is 0 Å². The summed E-state index contributed by atoms with van der Waals surface area (Å²) >= 11 is 0. The van der Waals surface area contributed by atoms with Gasteiger partial charge in [-0.05, 0) is 62.6 Å². The molecule has 5 heteroatoms. The van der Waals surface area contributed by atoms with Gasteiger partial charge in [-0.1, -0.05) is 25.1 Å². The fraction of sp³-hybridized carbons (Fsp3) is 0.333. The Hall–Kier alpha value is -2.82. The first kappa shape index (κ1) is 19.5. The molecule has 0 aliphatic heterocycles. The van der Waals surface area contributed by atoms with Crippen LogP contribution < -0.4 is 15.4 Å². The van der Waals surface area contributed by atoms with Crippen LogP contribution in [-0.2, 0) is 9.59 Å². The lowest BCUT2D eigenvalue weighted by atomic mass is 10.1. The molecule has 1 unspecified atom stereocenters. The molecule has 0 bridgehead atoms. The molecule has 2 aromatic rings. The average molecular weight is 354 g/mol. The van der Waals surface area contributed by atoms with E-state index in [1.54, 1.807) is 31.2 Å². The van der Waals surface area contributed by atoms with Crippen LogP contribution in [0.15, 0.2) is 42.5 Å². The predicted octanol–water partition coefficient (Wildman–Crippen LogP) is 4.45. The Morgan fingerprint density at radius 3 is 2.42 bits per heavy atom. The summed E-state index contributed by atoms with van der Waals surface area (Å²) < 4.78 is 5.80. The number of nitrogens with one attached hydrogen (secondary N) is 2. The maximum Gasteiger partial charge on any atom is 0.265 e. The molecule has 1 atom stereocenters. The molecule has 2 aromatic carbocycles. The molecule has 2 amide bonds. The average Bonchev–Trinajstić information content (AvgIpc) is 2.58. The number of rotatable bonds is 7. The molecular weight excluding hydrogens is 328 g/mol. The first-order valence-electron chi connectivity index (χ1n) is 8.83. The number of hydrogen-bond acceptors (Lipinski definition) is 3. The van der Waals surface area contributed by atoms with Crippen molar-refractivity contribution in [3.8, 4) is 5.75 Å². The van der Waals surface area contributed by atoms with Crippen LogP contribution in [0.4, 0.5) is 11.4 Å². The monoisotopic (exact) mass is 354 g/mol. The third-order valence-corrected chi connectivity index (χ3v) is 3.91. The van der Waals surface area contributed by atoms with E-state index in [1.165, 1.54) is 0 Å². The third-order valence-electron chi connectivity index (χ3n) is 3.91. The Bertz CT molecular complexity index is 787. The van der Waals surface area contributed by atoms with Crippen molar-refractivity contribution in [3.63, 3.8) is 0 Å². The van der Waals surface area contributed by atoms with Gasteiger partial charge in [0, 0.05) is 17.8 Å². The van der Waals surface area contributed by atoms with Gasteiger partial charge in [-0.25, -0.2) is 0 Å². The predicted molar refractivity (Wildman–Crippen MR) is 105 cm³/mol. The number of carbonyl (C=O) groups excluding carboxylic acids is 2. The molecule has 0 aromatic heterocycles. The molecule has 0 radical (unpaired) electrons. The number of hydrogen-bond donors (Lipinski definition) is 2. The highest BCUT2D eigenvalue weighted by atomic mass is 16.5. The van der Waals surface area contributed by atoms with E-state index in [9.17, 15) is 9.59 Å². The fourth-order valence-electron chi connectivity index (χ4n) is 2.45. The number of anilines is 2. The molecule has 138 valence electrons. The number of carbonyl (C=O) groups is 2. The molecular formula is C21H26N2O3. The minimum absolute atomic E-state index is 0.0393. The van der Waals surface area contributed by atoms with Gasteiger partial charge in [0.2, 0.25) is 5.91 Å². The van der Waals surface area contributed by atoms with Gasteiger partial charge < -0.3 is 15.4 Å². The summed E-state index contributed by atoms with van der Waals surface area (Å²) in [6, 6.07) is 13.0. The standard InChI is InChI=1S/C21H26N2O3/c1-5-7-20(24)22-17-8-6-9-18(13-17)23-21(25)16(4)26-19-12-14(2)10-11-15(19)3/h6,8-13,16H,5,7H2,1-4H3,(H,22,24)(H,23,25). The SMILES string of the molecule is CCCC(=O)Nc1cccc(NC(=O)C(C)Oc2cc(C)ccc2C)c1. The molecule has 0 saturated carbocycles. The Labute approximate surface area is 154 Å². The molecule has 2 N–H and O–H groups in total. The summed E-state index contributed by atoms with van der Waals surface area (Å²) in [7, 11) is 0. The Balaban J connectivity index is 2.00.